The lowest BCUT2D eigenvalue weighted by atomic mass is 10.1. The maximum absolute atomic E-state index is 12.2. The molecule has 1 aromatic heterocycles. The summed E-state index contributed by atoms with van der Waals surface area (Å²) in [6.07, 6.45) is 4.03. The van der Waals surface area contributed by atoms with Crippen molar-refractivity contribution >= 4 is 17.5 Å². The number of halogens is 1. The van der Waals surface area contributed by atoms with Crippen LogP contribution in [0.5, 0.6) is 0 Å². The first-order valence-electron chi connectivity index (χ1n) is 5.52. The van der Waals surface area contributed by atoms with Gasteiger partial charge in [0.25, 0.3) is 5.91 Å². The minimum absolute atomic E-state index is 0.0463. The summed E-state index contributed by atoms with van der Waals surface area (Å²) in [5.74, 6) is -0.0463. The first-order valence-corrected chi connectivity index (χ1v) is 5.90. The molecule has 0 fully saturated rings. The third-order valence-electron chi connectivity index (χ3n) is 2.72. The highest BCUT2D eigenvalue weighted by atomic mass is 35.5. The fourth-order valence-electron chi connectivity index (χ4n) is 1.57. The van der Waals surface area contributed by atoms with E-state index in [1.807, 2.05) is 18.7 Å². The first-order chi connectivity index (χ1) is 7.61. The molecule has 1 amide bonds. The van der Waals surface area contributed by atoms with Gasteiger partial charge in [-0.15, -0.1) is 0 Å². The Kier molecular flexibility index (Phi) is 4.74. The van der Waals surface area contributed by atoms with E-state index in [-0.39, 0.29) is 11.9 Å². The van der Waals surface area contributed by atoms with Crippen LogP contribution < -0.4 is 0 Å². The molecule has 0 aliphatic carbocycles. The van der Waals surface area contributed by atoms with Crippen LogP contribution in [0.1, 0.15) is 37.6 Å². The van der Waals surface area contributed by atoms with E-state index in [9.17, 15) is 4.79 Å². The van der Waals surface area contributed by atoms with Crippen molar-refractivity contribution in [1.29, 1.82) is 0 Å². The molecular formula is C12H17ClN2O. The van der Waals surface area contributed by atoms with Crippen molar-refractivity contribution in [3.05, 3.63) is 29.0 Å². The van der Waals surface area contributed by atoms with E-state index < -0.39 is 0 Å². The second kappa shape index (κ2) is 5.85. The number of carbonyl (C=O) groups is 1. The Bertz CT molecular complexity index is 368. The highest BCUT2D eigenvalue weighted by Crippen LogP contribution is 2.17. The lowest BCUT2D eigenvalue weighted by Crippen LogP contribution is -2.38. The summed E-state index contributed by atoms with van der Waals surface area (Å²) in [4.78, 5) is 17.9. The van der Waals surface area contributed by atoms with Gasteiger partial charge in [-0.1, -0.05) is 18.5 Å². The molecule has 4 heteroatoms. The summed E-state index contributed by atoms with van der Waals surface area (Å²) in [6, 6.07) is 1.85. The third-order valence-corrected chi connectivity index (χ3v) is 3.05. The third kappa shape index (κ3) is 2.73. The average molecular weight is 241 g/mol. The molecule has 0 bridgehead atoms. The molecule has 0 aliphatic rings. The Morgan fingerprint density at radius 1 is 1.56 bits per heavy atom. The minimum atomic E-state index is -0.0463. The van der Waals surface area contributed by atoms with Crippen LogP contribution >= 0.6 is 11.6 Å². The van der Waals surface area contributed by atoms with E-state index >= 15 is 0 Å². The van der Waals surface area contributed by atoms with Gasteiger partial charge < -0.3 is 4.90 Å². The zero-order chi connectivity index (χ0) is 12.1. The molecule has 1 atom stereocenters. The van der Waals surface area contributed by atoms with E-state index in [1.54, 1.807) is 12.3 Å². The number of hydrogen-bond acceptors (Lipinski definition) is 2. The van der Waals surface area contributed by atoms with E-state index in [2.05, 4.69) is 11.9 Å². The summed E-state index contributed by atoms with van der Waals surface area (Å²) in [7, 11) is 0. The Labute approximate surface area is 101 Å². The van der Waals surface area contributed by atoms with E-state index in [4.69, 9.17) is 11.6 Å². The minimum Gasteiger partial charge on any atom is -0.336 e. The van der Waals surface area contributed by atoms with Gasteiger partial charge in [0.2, 0.25) is 0 Å². The maximum Gasteiger partial charge on any atom is 0.257 e. The number of nitrogens with zero attached hydrogens (tertiary/aromatic N) is 2. The number of aromatic nitrogens is 1. The standard InChI is InChI=1S/C12H17ClN2O/c1-4-9(3)15(5-2)12(16)10-8-14-7-6-11(10)13/h6-9H,4-5H2,1-3H3. The summed E-state index contributed by atoms with van der Waals surface area (Å²) in [5.41, 5.74) is 0.478. The monoisotopic (exact) mass is 240 g/mol. The molecular weight excluding hydrogens is 224 g/mol. The van der Waals surface area contributed by atoms with Crippen LogP contribution in [0.3, 0.4) is 0 Å². The predicted molar refractivity (Wildman–Crippen MR) is 65.7 cm³/mol. The van der Waals surface area contributed by atoms with Gasteiger partial charge in [-0.3, -0.25) is 9.78 Å². The quantitative estimate of drug-likeness (QED) is 0.811. The molecule has 0 radical (unpaired) electrons. The molecule has 1 rings (SSSR count). The molecule has 3 nitrogen and oxygen atoms in total. The van der Waals surface area contributed by atoms with Crippen molar-refractivity contribution in [1.82, 2.24) is 9.88 Å². The van der Waals surface area contributed by atoms with E-state index in [0.29, 0.717) is 17.1 Å². The Hall–Kier alpha value is -1.09. The van der Waals surface area contributed by atoms with Gasteiger partial charge in [-0.25, -0.2) is 0 Å². The highest BCUT2D eigenvalue weighted by Gasteiger charge is 2.20. The van der Waals surface area contributed by atoms with Crippen LogP contribution in [0.25, 0.3) is 0 Å². The predicted octanol–water partition coefficient (Wildman–Crippen LogP) is 3.00. The van der Waals surface area contributed by atoms with Crippen LogP contribution in [-0.2, 0) is 0 Å². The second-order valence-electron chi connectivity index (χ2n) is 3.70. The van der Waals surface area contributed by atoms with E-state index in [1.165, 1.54) is 6.20 Å². The number of amides is 1. The Balaban J connectivity index is 2.96. The van der Waals surface area contributed by atoms with Crippen molar-refractivity contribution in [2.45, 2.75) is 33.2 Å². The Morgan fingerprint density at radius 2 is 2.25 bits per heavy atom. The van der Waals surface area contributed by atoms with E-state index in [0.717, 1.165) is 6.42 Å². The van der Waals surface area contributed by atoms with Crippen LogP contribution in [0, 0.1) is 0 Å². The van der Waals surface area contributed by atoms with Crippen molar-refractivity contribution in [3.63, 3.8) is 0 Å². The summed E-state index contributed by atoms with van der Waals surface area (Å²) in [6.45, 7) is 6.74. The van der Waals surface area contributed by atoms with Gasteiger partial charge in [0.1, 0.15) is 0 Å². The van der Waals surface area contributed by atoms with Gasteiger partial charge in [0.15, 0.2) is 0 Å². The zero-order valence-corrected chi connectivity index (χ0v) is 10.7. The van der Waals surface area contributed by atoms with Crippen LogP contribution in [0.2, 0.25) is 5.02 Å². The number of rotatable bonds is 4. The van der Waals surface area contributed by atoms with Gasteiger partial charge in [0.05, 0.1) is 10.6 Å². The smallest absolute Gasteiger partial charge is 0.257 e. The molecule has 0 spiro atoms. The normalized spacial score (nSPS) is 12.2. The number of pyridine rings is 1. The molecule has 1 heterocycles. The van der Waals surface area contributed by atoms with Crippen molar-refractivity contribution < 1.29 is 4.79 Å². The number of carbonyl (C=O) groups excluding carboxylic acids is 1. The molecule has 1 unspecified atom stereocenters. The molecule has 0 aliphatic heterocycles. The summed E-state index contributed by atoms with van der Waals surface area (Å²) in [5, 5.41) is 0.460. The molecule has 1 aromatic rings. The summed E-state index contributed by atoms with van der Waals surface area (Å²) < 4.78 is 0. The van der Waals surface area contributed by atoms with Crippen molar-refractivity contribution in [3.8, 4) is 0 Å². The van der Waals surface area contributed by atoms with Crippen molar-refractivity contribution in [2.75, 3.05) is 6.54 Å². The topological polar surface area (TPSA) is 33.2 Å². The lowest BCUT2D eigenvalue weighted by Gasteiger charge is -2.27. The molecule has 0 N–H and O–H groups in total. The first kappa shape index (κ1) is 13.0. The zero-order valence-electron chi connectivity index (χ0n) is 9.90. The molecule has 88 valence electrons. The fraction of sp³-hybridized carbons (Fsp3) is 0.500. The SMILES string of the molecule is CCC(C)N(CC)C(=O)c1cnccc1Cl. The Morgan fingerprint density at radius 3 is 2.75 bits per heavy atom. The largest absolute Gasteiger partial charge is 0.336 e. The molecule has 0 aromatic carbocycles. The van der Waals surface area contributed by atoms with Gasteiger partial charge in [-0.2, -0.15) is 0 Å². The lowest BCUT2D eigenvalue weighted by molar-refractivity contribution is 0.0699. The molecule has 0 saturated heterocycles. The molecule has 0 saturated carbocycles. The van der Waals surface area contributed by atoms with Crippen LogP contribution in [0.4, 0.5) is 0 Å². The highest BCUT2D eigenvalue weighted by molar-refractivity contribution is 6.33. The summed E-state index contributed by atoms with van der Waals surface area (Å²) >= 11 is 5.98. The average Bonchev–Trinajstić information content (AvgIpc) is 2.30. The van der Waals surface area contributed by atoms with Crippen LogP contribution in [-0.4, -0.2) is 28.4 Å². The second-order valence-corrected chi connectivity index (χ2v) is 4.11. The van der Waals surface area contributed by atoms with Crippen molar-refractivity contribution in [2.24, 2.45) is 0 Å². The van der Waals surface area contributed by atoms with Gasteiger partial charge in [0, 0.05) is 25.0 Å². The fourth-order valence-corrected chi connectivity index (χ4v) is 1.75. The van der Waals surface area contributed by atoms with Crippen LogP contribution in [0.15, 0.2) is 18.5 Å². The van der Waals surface area contributed by atoms with Gasteiger partial charge in [-0.05, 0) is 26.3 Å². The molecule has 16 heavy (non-hydrogen) atoms. The number of hydrogen-bond donors (Lipinski definition) is 0. The maximum atomic E-state index is 12.2. The van der Waals surface area contributed by atoms with Gasteiger partial charge >= 0.3 is 0 Å².